The van der Waals surface area contributed by atoms with Crippen molar-refractivity contribution in [3.63, 3.8) is 0 Å². The average Bonchev–Trinajstić information content (AvgIpc) is 3.01. The second-order valence-electron chi connectivity index (χ2n) is 5.66. The van der Waals surface area contributed by atoms with Gasteiger partial charge in [-0.2, -0.15) is 4.31 Å². The number of aromatic nitrogens is 1. The molecule has 1 aromatic carbocycles. The standard InChI is InChI=1S/C17H23N3O3S3/c1-5-20(6-2)26(22,23)14-8-7-12(3)15(9-14)19-16(21)11-25-17-18-13(4)10-24-17/h7-10H,5-6,11H2,1-4H3,(H,19,21). The number of thioether (sulfide) groups is 1. The molecule has 0 fully saturated rings. The van der Waals surface area contributed by atoms with Gasteiger partial charge in [-0.05, 0) is 31.5 Å². The maximum atomic E-state index is 12.7. The van der Waals surface area contributed by atoms with E-state index in [-0.39, 0.29) is 16.6 Å². The first-order valence-electron chi connectivity index (χ1n) is 8.23. The molecule has 0 aliphatic heterocycles. The number of aryl methyl sites for hydroxylation is 2. The maximum absolute atomic E-state index is 12.7. The Hall–Kier alpha value is -1.42. The van der Waals surface area contributed by atoms with E-state index in [1.807, 2.05) is 19.2 Å². The highest BCUT2D eigenvalue weighted by atomic mass is 32.2. The maximum Gasteiger partial charge on any atom is 0.243 e. The fourth-order valence-corrected chi connectivity index (χ4v) is 5.46. The molecule has 1 heterocycles. The summed E-state index contributed by atoms with van der Waals surface area (Å²) in [6.45, 7) is 8.15. The number of hydrogen-bond acceptors (Lipinski definition) is 6. The Morgan fingerprint density at radius 2 is 1.96 bits per heavy atom. The number of hydrogen-bond donors (Lipinski definition) is 1. The molecule has 6 nitrogen and oxygen atoms in total. The molecular weight excluding hydrogens is 390 g/mol. The molecule has 0 bridgehead atoms. The largest absolute Gasteiger partial charge is 0.325 e. The molecule has 26 heavy (non-hydrogen) atoms. The lowest BCUT2D eigenvalue weighted by atomic mass is 10.2. The van der Waals surface area contributed by atoms with Gasteiger partial charge >= 0.3 is 0 Å². The van der Waals surface area contributed by atoms with Crippen LogP contribution in [-0.4, -0.2) is 42.5 Å². The van der Waals surface area contributed by atoms with Gasteiger partial charge < -0.3 is 5.32 Å². The van der Waals surface area contributed by atoms with Crippen molar-refractivity contribution in [1.82, 2.24) is 9.29 Å². The minimum atomic E-state index is -3.56. The summed E-state index contributed by atoms with van der Waals surface area (Å²) < 4.78 is 27.6. The first-order valence-corrected chi connectivity index (χ1v) is 11.5. The van der Waals surface area contributed by atoms with E-state index in [2.05, 4.69) is 10.3 Å². The zero-order valence-corrected chi connectivity index (χ0v) is 17.7. The predicted molar refractivity (Wildman–Crippen MR) is 107 cm³/mol. The highest BCUT2D eigenvalue weighted by Crippen LogP contribution is 2.25. The second kappa shape index (κ2) is 8.98. The Balaban J connectivity index is 2.13. The van der Waals surface area contributed by atoms with Crippen LogP contribution in [0.15, 0.2) is 32.8 Å². The number of sulfonamides is 1. The smallest absolute Gasteiger partial charge is 0.243 e. The van der Waals surface area contributed by atoms with Gasteiger partial charge in [0.05, 0.1) is 10.6 Å². The molecule has 1 N–H and O–H groups in total. The van der Waals surface area contributed by atoms with Crippen LogP contribution in [-0.2, 0) is 14.8 Å². The van der Waals surface area contributed by atoms with Crippen molar-refractivity contribution in [2.45, 2.75) is 36.9 Å². The summed E-state index contributed by atoms with van der Waals surface area (Å²) in [5.74, 6) is 0.0303. The molecule has 0 saturated carbocycles. The second-order valence-corrected chi connectivity index (χ2v) is 9.68. The molecule has 0 atom stereocenters. The summed E-state index contributed by atoms with van der Waals surface area (Å²) in [5.41, 5.74) is 2.26. The first-order chi connectivity index (χ1) is 12.3. The number of thiazole rings is 1. The SMILES string of the molecule is CCN(CC)S(=O)(=O)c1ccc(C)c(NC(=O)CSc2nc(C)cs2)c1. The van der Waals surface area contributed by atoms with E-state index < -0.39 is 10.0 Å². The van der Waals surface area contributed by atoms with Gasteiger partial charge in [0.2, 0.25) is 15.9 Å². The number of carbonyl (C=O) groups is 1. The van der Waals surface area contributed by atoms with Crippen LogP contribution in [0.5, 0.6) is 0 Å². The quantitative estimate of drug-likeness (QED) is 0.670. The zero-order chi connectivity index (χ0) is 19.3. The van der Waals surface area contributed by atoms with E-state index in [1.54, 1.807) is 26.0 Å². The van der Waals surface area contributed by atoms with Crippen LogP contribution in [0.2, 0.25) is 0 Å². The van der Waals surface area contributed by atoms with Gasteiger partial charge in [0.1, 0.15) is 0 Å². The number of benzene rings is 1. The molecule has 0 unspecified atom stereocenters. The summed E-state index contributed by atoms with van der Waals surface area (Å²) in [6.07, 6.45) is 0. The van der Waals surface area contributed by atoms with E-state index in [0.29, 0.717) is 18.8 Å². The van der Waals surface area contributed by atoms with E-state index in [0.717, 1.165) is 15.6 Å². The molecule has 0 aliphatic carbocycles. The minimum absolute atomic E-state index is 0.185. The number of nitrogens with one attached hydrogen (secondary N) is 1. The lowest BCUT2D eigenvalue weighted by Gasteiger charge is -2.19. The van der Waals surface area contributed by atoms with Gasteiger partial charge in [-0.25, -0.2) is 13.4 Å². The van der Waals surface area contributed by atoms with Gasteiger partial charge in [-0.3, -0.25) is 4.79 Å². The van der Waals surface area contributed by atoms with E-state index in [4.69, 9.17) is 0 Å². The van der Waals surface area contributed by atoms with Crippen molar-refractivity contribution in [2.75, 3.05) is 24.2 Å². The van der Waals surface area contributed by atoms with E-state index >= 15 is 0 Å². The van der Waals surface area contributed by atoms with Gasteiger partial charge in [-0.15, -0.1) is 11.3 Å². The molecule has 9 heteroatoms. The topological polar surface area (TPSA) is 79.4 Å². The van der Waals surface area contributed by atoms with Crippen LogP contribution in [0, 0.1) is 13.8 Å². The third-order valence-corrected chi connectivity index (χ3v) is 7.94. The molecule has 0 spiro atoms. The Morgan fingerprint density at radius 3 is 2.54 bits per heavy atom. The average molecular weight is 414 g/mol. The van der Waals surface area contributed by atoms with Crippen LogP contribution in [0.25, 0.3) is 0 Å². The lowest BCUT2D eigenvalue weighted by molar-refractivity contribution is -0.113. The fourth-order valence-electron chi connectivity index (χ4n) is 2.32. The van der Waals surface area contributed by atoms with Crippen molar-refractivity contribution in [2.24, 2.45) is 0 Å². The van der Waals surface area contributed by atoms with Gasteiger partial charge in [-0.1, -0.05) is 31.7 Å². The fraction of sp³-hybridized carbons (Fsp3) is 0.412. The van der Waals surface area contributed by atoms with Crippen molar-refractivity contribution in [3.05, 3.63) is 34.8 Å². The predicted octanol–water partition coefficient (Wildman–Crippen LogP) is 3.52. The number of carbonyl (C=O) groups excluding carboxylic acids is 1. The van der Waals surface area contributed by atoms with Gasteiger partial charge in [0, 0.05) is 29.9 Å². The molecule has 142 valence electrons. The Bertz CT molecular complexity index is 874. The Morgan fingerprint density at radius 1 is 1.27 bits per heavy atom. The van der Waals surface area contributed by atoms with Crippen LogP contribution in [0.1, 0.15) is 25.1 Å². The third kappa shape index (κ3) is 5.06. The van der Waals surface area contributed by atoms with Crippen molar-refractivity contribution < 1.29 is 13.2 Å². The van der Waals surface area contributed by atoms with Crippen LogP contribution in [0.3, 0.4) is 0 Å². The van der Waals surface area contributed by atoms with Crippen LogP contribution in [0.4, 0.5) is 5.69 Å². The highest BCUT2D eigenvalue weighted by Gasteiger charge is 2.22. The van der Waals surface area contributed by atoms with Crippen LogP contribution < -0.4 is 5.32 Å². The molecule has 1 amide bonds. The number of nitrogens with zero attached hydrogens (tertiary/aromatic N) is 2. The first kappa shape index (κ1) is 20.9. The summed E-state index contributed by atoms with van der Waals surface area (Å²) >= 11 is 2.87. The van der Waals surface area contributed by atoms with Gasteiger partial charge in [0.15, 0.2) is 4.34 Å². The lowest BCUT2D eigenvalue weighted by Crippen LogP contribution is -2.30. The zero-order valence-electron chi connectivity index (χ0n) is 15.3. The van der Waals surface area contributed by atoms with E-state index in [9.17, 15) is 13.2 Å². The van der Waals surface area contributed by atoms with Crippen molar-refractivity contribution >= 4 is 44.7 Å². The van der Waals surface area contributed by atoms with E-state index in [1.165, 1.54) is 33.5 Å². The summed E-state index contributed by atoms with van der Waals surface area (Å²) in [6, 6.07) is 4.81. The summed E-state index contributed by atoms with van der Waals surface area (Å²) in [7, 11) is -3.56. The van der Waals surface area contributed by atoms with Crippen molar-refractivity contribution in [1.29, 1.82) is 0 Å². The molecule has 2 aromatic rings. The highest BCUT2D eigenvalue weighted by molar-refractivity contribution is 8.01. The monoisotopic (exact) mass is 413 g/mol. The molecule has 0 aliphatic rings. The normalized spacial score (nSPS) is 11.7. The Kier molecular flexibility index (Phi) is 7.22. The number of rotatable bonds is 8. The molecule has 0 radical (unpaired) electrons. The van der Waals surface area contributed by atoms with Crippen LogP contribution >= 0.6 is 23.1 Å². The number of amides is 1. The van der Waals surface area contributed by atoms with Crippen molar-refractivity contribution in [3.8, 4) is 0 Å². The summed E-state index contributed by atoms with van der Waals surface area (Å²) in [4.78, 5) is 16.7. The number of anilines is 1. The third-order valence-electron chi connectivity index (χ3n) is 3.75. The minimum Gasteiger partial charge on any atom is -0.325 e. The Labute approximate surface area is 163 Å². The van der Waals surface area contributed by atoms with Gasteiger partial charge in [0.25, 0.3) is 0 Å². The molecule has 0 saturated heterocycles. The molecule has 1 aromatic heterocycles. The molecule has 2 rings (SSSR count). The molecular formula is C17H23N3O3S3. The summed E-state index contributed by atoms with van der Waals surface area (Å²) in [5, 5.41) is 4.75.